The summed E-state index contributed by atoms with van der Waals surface area (Å²) in [6, 6.07) is 8.69. The highest BCUT2D eigenvalue weighted by molar-refractivity contribution is 9.10. The number of anilines is 1. The molecule has 0 fully saturated rings. The summed E-state index contributed by atoms with van der Waals surface area (Å²) in [6.07, 6.45) is 4.98. The van der Waals surface area contributed by atoms with Crippen LogP contribution in [0.1, 0.15) is 10.4 Å². The van der Waals surface area contributed by atoms with Gasteiger partial charge in [-0.15, -0.1) is 11.3 Å². The Hall–Kier alpha value is -1.59. The Morgan fingerprint density at radius 2 is 2.33 bits per heavy atom. The van der Waals surface area contributed by atoms with Gasteiger partial charge in [0.15, 0.2) is 0 Å². The van der Waals surface area contributed by atoms with Crippen molar-refractivity contribution in [3.63, 3.8) is 0 Å². The van der Waals surface area contributed by atoms with Gasteiger partial charge in [-0.05, 0) is 34.0 Å². The van der Waals surface area contributed by atoms with E-state index in [2.05, 4.69) is 60.4 Å². The molecule has 0 atom stereocenters. The fraction of sp³-hybridized carbons (Fsp3) is 0.188. The number of nitrogens with one attached hydrogen (secondary N) is 1. The number of hydrogen-bond acceptors (Lipinski definition) is 3. The zero-order valence-corrected chi connectivity index (χ0v) is 13.7. The Kier molecular flexibility index (Phi) is 3.31. The van der Waals surface area contributed by atoms with Crippen LogP contribution in [-0.2, 0) is 13.0 Å². The summed E-state index contributed by atoms with van der Waals surface area (Å²) in [5, 5.41) is 5.62. The van der Waals surface area contributed by atoms with Gasteiger partial charge in [0, 0.05) is 32.5 Å². The van der Waals surface area contributed by atoms with Crippen molar-refractivity contribution in [2.45, 2.75) is 13.0 Å². The molecule has 3 heterocycles. The molecule has 0 spiro atoms. The molecule has 2 aromatic heterocycles. The first-order valence-electron chi connectivity index (χ1n) is 6.90. The molecule has 0 unspecified atom stereocenters. The van der Waals surface area contributed by atoms with Crippen LogP contribution in [0.25, 0.3) is 11.3 Å². The van der Waals surface area contributed by atoms with Gasteiger partial charge in [-0.3, -0.25) is 0 Å². The van der Waals surface area contributed by atoms with E-state index >= 15 is 0 Å². The summed E-state index contributed by atoms with van der Waals surface area (Å²) in [6.45, 7) is 1.88. The van der Waals surface area contributed by atoms with Gasteiger partial charge in [0.2, 0.25) is 0 Å². The number of thiophene rings is 1. The zero-order chi connectivity index (χ0) is 14.2. The van der Waals surface area contributed by atoms with Gasteiger partial charge < -0.3 is 9.88 Å². The van der Waals surface area contributed by atoms with Gasteiger partial charge in [-0.25, -0.2) is 4.98 Å². The third kappa shape index (κ3) is 2.40. The maximum Gasteiger partial charge on any atom is 0.0954 e. The Labute approximate surface area is 135 Å². The van der Waals surface area contributed by atoms with Gasteiger partial charge in [0.25, 0.3) is 0 Å². The predicted octanol–water partition coefficient (Wildman–Crippen LogP) is 4.39. The molecule has 0 radical (unpaired) electrons. The van der Waals surface area contributed by atoms with E-state index in [0.717, 1.165) is 24.0 Å². The normalized spacial score (nSPS) is 13.2. The monoisotopic (exact) mass is 359 g/mol. The number of para-hydroxylation sites is 1. The Bertz CT molecular complexity index is 790. The summed E-state index contributed by atoms with van der Waals surface area (Å²) in [4.78, 5) is 5.68. The smallest absolute Gasteiger partial charge is 0.0954 e. The summed E-state index contributed by atoms with van der Waals surface area (Å²) >= 11 is 5.28. The highest BCUT2D eigenvalue weighted by Crippen LogP contribution is 2.34. The Balaban J connectivity index is 1.74. The molecule has 1 aliphatic heterocycles. The molecule has 0 bridgehead atoms. The maximum absolute atomic E-state index is 4.36. The Morgan fingerprint density at radius 1 is 1.38 bits per heavy atom. The molecule has 0 aliphatic carbocycles. The number of aromatic nitrogens is 2. The molecule has 4 rings (SSSR count). The first kappa shape index (κ1) is 13.1. The number of imidazole rings is 1. The van der Waals surface area contributed by atoms with Crippen LogP contribution < -0.4 is 5.32 Å². The third-order valence-corrected chi connectivity index (χ3v) is 5.47. The summed E-state index contributed by atoms with van der Waals surface area (Å²) in [5.41, 5.74) is 5.09. The van der Waals surface area contributed by atoms with Crippen molar-refractivity contribution < 1.29 is 0 Å². The molecule has 0 saturated heterocycles. The van der Waals surface area contributed by atoms with Crippen molar-refractivity contribution in [2.24, 2.45) is 0 Å². The van der Waals surface area contributed by atoms with E-state index in [1.807, 2.05) is 12.5 Å². The zero-order valence-electron chi connectivity index (χ0n) is 11.3. The first-order chi connectivity index (χ1) is 10.3. The molecule has 21 heavy (non-hydrogen) atoms. The van der Waals surface area contributed by atoms with Crippen molar-refractivity contribution >= 4 is 33.0 Å². The van der Waals surface area contributed by atoms with Gasteiger partial charge in [0.05, 0.1) is 24.8 Å². The van der Waals surface area contributed by atoms with Crippen molar-refractivity contribution in [1.82, 2.24) is 9.55 Å². The molecule has 5 heteroatoms. The fourth-order valence-electron chi connectivity index (χ4n) is 2.83. The van der Waals surface area contributed by atoms with Crippen LogP contribution in [0.3, 0.4) is 0 Å². The van der Waals surface area contributed by atoms with E-state index in [1.54, 1.807) is 11.3 Å². The predicted molar refractivity (Wildman–Crippen MR) is 91.0 cm³/mol. The van der Waals surface area contributed by atoms with E-state index in [1.165, 1.54) is 27.4 Å². The van der Waals surface area contributed by atoms with Crippen LogP contribution >= 0.6 is 27.3 Å². The summed E-state index contributed by atoms with van der Waals surface area (Å²) in [7, 11) is 0. The van der Waals surface area contributed by atoms with Gasteiger partial charge in [0.1, 0.15) is 0 Å². The molecule has 1 aliphatic rings. The van der Waals surface area contributed by atoms with E-state index < -0.39 is 0 Å². The lowest BCUT2D eigenvalue weighted by Crippen LogP contribution is -2.00. The lowest BCUT2D eigenvalue weighted by atomic mass is 10.1. The summed E-state index contributed by atoms with van der Waals surface area (Å²) in [5.74, 6) is 0. The average Bonchev–Trinajstić information content (AvgIpc) is 3.19. The second-order valence-corrected chi connectivity index (χ2v) is 7.07. The molecule has 1 aromatic carbocycles. The van der Waals surface area contributed by atoms with Gasteiger partial charge in [-0.1, -0.05) is 18.2 Å². The molecule has 0 amide bonds. The number of halogens is 1. The van der Waals surface area contributed by atoms with Crippen LogP contribution in [0.2, 0.25) is 0 Å². The van der Waals surface area contributed by atoms with Crippen LogP contribution in [0.4, 0.5) is 5.69 Å². The second-order valence-electron chi connectivity index (χ2n) is 5.15. The standard InChI is InChI=1S/C16H14BrN3S/c17-12-6-13(21-9-12)8-20-10-18-7-15(20)14-3-1-2-11-4-5-19-16(11)14/h1-3,6-7,9-10,19H,4-5,8H2. The van der Waals surface area contributed by atoms with Crippen molar-refractivity contribution in [1.29, 1.82) is 0 Å². The quantitative estimate of drug-likeness (QED) is 0.751. The first-order valence-corrected chi connectivity index (χ1v) is 8.58. The van der Waals surface area contributed by atoms with E-state index in [4.69, 9.17) is 0 Å². The van der Waals surface area contributed by atoms with Crippen LogP contribution in [0, 0.1) is 0 Å². The maximum atomic E-state index is 4.36. The van der Waals surface area contributed by atoms with Crippen LogP contribution in [0.15, 0.2) is 46.6 Å². The molecule has 3 nitrogen and oxygen atoms in total. The molecule has 0 saturated carbocycles. The number of hydrogen-bond donors (Lipinski definition) is 1. The van der Waals surface area contributed by atoms with Crippen molar-refractivity contribution in [2.75, 3.05) is 11.9 Å². The highest BCUT2D eigenvalue weighted by Gasteiger charge is 2.17. The minimum Gasteiger partial charge on any atom is -0.384 e. The molecular weight excluding hydrogens is 346 g/mol. The lowest BCUT2D eigenvalue weighted by Gasteiger charge is -2.11. The minimum absolute atomic E-state index is 0.856. The number of benzene rings is 1. The number of nitrogens with zero attached hydrogens (tertiary/aromatic N) is 2. The van der Waals surface area contributed by atoms with E-state index in [9.17, 15) is 0 Å². The third-order valence-electron chi connectivity index (χ3n) is 3.78. The molecule has 106 valence electrons. The van der Waals surface area contributed by atoms with E-state index in [0.29, 0.717) is 0 Å². The molecule has 3 aromatic rings. The van der Waals surface area contributed by atoms with Crippen molar-refractivity contribution in [3.8, 4) is 11.3 Å². The van der Waals surface area contributed by atoms with Crippen LogP contribution in [-0.4, -0.2) is 16.1 Å². The minimum atomic E-state index is 0.856. The van der Waals surface area contributed by atoms with Crippen molar-refractivity contribution in [3.05, 3.63) is 57.1 Å². The largest absolute Gasteiger partial charge is 0.384 e. The van der Waals surface area contributed by atoms with E-state index in [-0.39, 0.29) is 0 Å². The second kappa shape index (κ2) is 5.31. The fourth-order valence-corrected chi connectivity index (χ4v) is 4.28. The molecule has 1 N–H and O–H groups in total. The van der Waals surface area contributed by atoms with Gasteiger partial charge in [-0.2, -0.15) is 0 Å². The SMILES string of the molecule is Brc1csc(Cn2cncc2-c2cccc3c2NCC3)c1. The average molecular weight is 360 g/mol. The molecular formula is C16H14BrN3S. The van der Waals surface area contributed by atoms with Crippen LogP contribution in [0.5, 0.6) is 0 Å². The van der Waals surface area contributed by atoms with Gasteiger partial charge >= 0.3 is 0 Å². The lowest BCUT2D eigenvalue weighted by molar-refractivity contribution is 0.817. The number of rotatable bonds is 3. The highest BCUT2D eigenvalue weighted by atomic mass is 79.9. The Morgan fingerprint density at radius 3 is 3.19 bits per heavy atom. The number of fused-ring (bicyclic) bond motifs is 1. The summed E-state index contributed by atoms with van der Waals surface area (Å²) < 4.78 is 3.36. The topological polar surface area (TPSA) is 29.9 Å².